The monoisotopic (exact) mass is 315 g/mol. The zero-order chi connectivity index (χ0) is 16.9. The quantitative estimate of drug-likeness (QED) is 0.816. The van der Waals surface area contributed by atoms with Crippen LogP contribution in [0.4, 0.5) is 8.78 Å². The normalized spacial score (nSPS) is 14.7. The van der Waals surface area contributed by atoms with E-state index in [0.29, 0.717) is 17.7 Å². The predicted octanol–water partition coefficient (Wildman–Crippen LogP) is 3.55. The second-order valence-electron chi connectivity index (χ2n) is 6.35. The molecule has 1 heterocycles. The Hall–Kier alpha value is -1.56. The van der Waals surface area contributed by atoms with Crippen LogP contribution in [-0.2, 0) is 4.74 Å². The Balaban J connectivity index is 2.62. The lowest BCUT2D eigenvalue weighted by atomic mass is 9.98. The van der Waals surface area contributed by atoms with Gasteiger partial charge in [-0.1, -0.05) is 6.92 Å². The van der Waals surface area contributed by atoms with Crippen molar-refractivity contribution in [3.05, 3.63) is 29.6 Å². The number of carbonyl (C=O) groups excluding carboxylic acids is 1. The van der Waals surface area contributed by atoms with E-state index in [2.05, 4.69) is 4.98 Å². The number of aliphatic hydroxyl groups is 1. The average Bonchev–Trinajstić information content (AvgIpc) is 2.42. The van der Waals surface area contributed by atoms with Gasteiger partial charge < -0.3 is 9.84 Å². The number of ether oxygens (including phenoxy) is 1. The Labute approximate surface area is 129 Å². The van der Waals surface area contributed by atoms with Crippen molar-refractivity contribution >= 4 is 5.97 Å². The van der Waals surface area contributed by atoms with Gasteiger partial charge >= 0.3 is 5.97 Å². The summed E-state index contributed by atoms with van der Waals surface area (Å²) in [6, 6.07) is 3.29. The summed E-state index contributed by atoms with van der Waals surface area (Å²) in [7, 11) is 0. The molecule has 22 heavy (non-hydrogen) atoms. The maximum atomic E-state index is 12.2. The van der Waals surface area contributed by atoms with E-state index in [0.717, 1.165) is 0 Å². The molecule has 0 bridgehead atoms. The highest BCUT2D eigenvalue weighted by molar-refractivity contribution is 5.89. The molecule has 0 aliphatic carbocycles. The zero-order valence-electron chi connectivity index (χ0n) is 13.3. The van der Waals surface area contributed by atoms with Crippen LogP contribution in [0.5, 0.6) is 0 Å². The summed E-state index contributed by atoms with van der Waals surface area (Å²) in [5.74, 6) is -0.534. The Kier molecular flexibility index (Phi) is 6.41. The molecule has 2 atom stereocenters. The van der Waals surface area contributed by atoms with Crippen molar-refractivity contribution in [3.8, 4) is 0 Å². The molecule has 2 unspecified atom stereocenters. The largest absolute Gasteiger partial charge is 0.456 e. The number of aliphatic hydroxyl groups excluding tert-OH is 1. The van der Waals surface area contributed by atoms with Crippen molar-refractivity contribution in [1.82, 2.24) is 4.98 Å². The summed E-state index contributed by atoms with van der Waals surface area (Å²) in [5, 5.41) is 9.12. The van der Waals surface area contributed by atoms with Crippen LogP contribution in [-0.4, -0.2) is 34.2 Å². The van der Waals surface area contributed by atoms with E-state index in [1.807, 2.05) is 6.92 Å². The first-order chi connectivity index (χ1) is 10.1. The number of aromatic nitrogens is 1. The minimum Gasteiger partial charge on any atom is -0.456 e. The van der Waals surface area contributed by atoms with Crippen molar-refractivity contribution in [1.29, 1.82) is 0 Å². The number of carbonyl (C=O) groups is 1. The molecular weight excluding hydrogens is 292 g/mol. The van der Waals surface area contributed by atoms with Crippen molar-refractivity contribution in [2.45, 2.75) is 64.6 Å². The molecule has 0 aliphatic rings. The van der Waals surface area contributed by atoms with Gasteiger partial charge in [-0.3, -0.25) is 4.98 Å². The van der Waals surface area contributed by atoms with Crippen LogP contribution >= 0.6 is 0 Å². The van der Waals surface area contributed by atoms with Crippen LogP contribution in [0.15, 0.2) is 18.3 Å². The van der Waals surface area contributed by atoms with Gasteiger partial charge in [-0.15, -0.1) is 0 Å². The van der Waals surface area contributed by atoms with Crippen LogP contribution in [0.1, 0.15) is 62.5 Å². The van der Waals surface area contributed by atoms with Gasteiger partial charge in [-0.25, -0.2) is 13.6 Å². The second kappa shape index (κ2) is 7.63. The summed E-state index contributed by atoms with van der Waals surface area (Å²) < 4.78 is 29.7. The summed E-state index contributed by atoms with van der Waals surface area (Å²) >= 11 is 0. The van der Waals surface area contributed by atoms with Crippen molar-refractivity contribution in [2.24, 2.45) is 0 Å². The molecule has 1 aromatic rings. The third kappa shape index (κ3) is 6.05. The molecule has 1 aromatic heterocycles. The lowest BCUT2D eigenvalue weighted by Crippen LogP contribution is -2.24. The number of nitrogens with zero attached hydrogens (tertiary/aromatic N) is 1. The van der Waals surface area contributed by atoms with E-state index in [9.17, 15) is 13.6 Å². The van der Waals surface area contributed by atoms with Crippen LogP contribution < -0.4 is 0 Å². The molecule has 124 valence electrons. The molecular formula is C16H23F2NO3. The molecule has 0 radical (unpaired) electrons. The minimum atomic E-state index is -2.73. The van der Waals surface area contributed by atoms with Gasteiger partial charge in [0.25, 0.3) is 6.43 Å². The fraction of sp³-hybridized carbons (Fsp3) is 0.625. The Morgan fingerprint density at radius 2 is 1.95 bits per heavy atom. The molecule has 0 aliphatic heterocycles. The molecule has 0 spiro atoms. The molecule has 0 saturated heterocycles. The van der Waals surface area contributed by atoms with Gasteiger partial charge in [0.05, 0.1) is 5.56 Å². The third-order valence-electron chi connectivity index (χ3n) is 3.11. The number of halogens is 2. The number of esters is 1. The Morgan fingerprint density at radius 3 is 2.41 bits per heavy atom. The number of rotatable bonds is 6. The highest BCUT2D eigenvalue weighted by Gasteiger charge is 2.20. The number of pyridine rings is 1. The molecule has 0 amide bonds. The SMILES string of the molecule is CC(CCC(O)C(F)F)c1ccc(C(=O)OC(C)(C)C)cn1. The van der Waals surface area contributed by atoms with E-state index >= 15 is 0 Å². The summed E-state index contributed by atoms with van der Waals surface area (Å²) in [5.41, 5.74) is 0.460. The summed E-state index contributed by atoms with van der Waals surface area (Å²) in [6.07, 6.45) is -2.51. The smallest absolute Gasteiger partial charge is 0.340 e. The fourth-order valence-electron chi connectivity index (χ4n) is 1.85. The Bertz CT molecular complexity index is 483. The number of alkyl halides is 2. The highest BCUT2D eigenvalue weighted by Crippen LogP contribution is 2.22. The lowest BCUT2D eigenvalue weighted by Gasteiger charge is -2.19. The van der Waals surface area contributed by atoms with E-state index in [1.165, 1.54) is 6.20 Å². The van der Waals surface area contributed by atoms with E-state index in [-0.39, 0.29) is 12.3 Å². The lowest BCUT2D eigenvalue weighted by molar-refractivity contribution is -0.0105. The van der Waals surface area contributed by atoms with E-state index in [1.54, 1.807) is 32.9 Å². The maximum absolute atomic E-state index is 12.2. The predicted molar refractivity (Wildman–Crippen MR) is 79.1 cm³/mol. The van der Waals surface area contributed by atoms with E-state index in [4.69, 9.17) is 9.84 Å². The molecule has 0 fully saturated rings. The van der Waals surface area contributed by atoms with Crippen molar-refractivity contribution < 1.29 is 23.4 Å². The highest BCUT2D eigenvalue weighted by atomic mass is 19.3. The second-order valence-corrected chi connectivity index (χ2v) is 6.35. The molecule has 6 heteroatoms. The van der Waals surface area contributed by atoms with Crippen LogP contribution in [0, 0.1) is 0 Å². The fourth-order valence-corrected chi connectivity index (χ4v) is 1.85. The zero-order valence-corrected chi connectivity index (χ0v) is 13.3. The van der Waals surface area contributed by atoms with Crippen molar-refractivity contribution in [3.63, 3.8) is 0 Å². The number of hydrogen-bond acceptors (Lipinski definition) is 4. The van der Waals surface area contributed by atoms with Gasteiger partial charge in [0.15, 0.2) is 0 Å². The third-order valence-corrected chi connectivity index (χ3v) is 3.11. The average molecular weight is 315 g/mol. The van der Waals surface area contributed by atoms with Gasteiger partial charge in [0.2, 0.25) is 0 Å². The van der Waals surface area contributed by atoms with Gasteiger partial charge in [-0.2, -0.15) is 0 Å². The first kappa shape index (κ1) is 18.5. The molecule has 1 rings (SSSR count). The first-order valence-corrected chi connectivity index (χ1v) is 7.25. The molecule has 0 aromatic carbocycles. The van der Waals surface area contributed by atoms with Gasteiger partial charge in [0.1, 0.15) is 11.7 Å². The molecule has 4 nitrogen and oxygen atoms in total. The van der Waals surface area contributed by atoms with Crippen LogP contribution in [0.2, 0.25) is 0 Å². The summed E-state index contributed by atoms with van der Waals surface area (Å²) in [4.78, 5) is 16.0. The maximum Gasteiger partial charge on any atom is 0.340 e. The van der Waals surface area contributed by atoms with Crippen LogP contribution in [0.25, 0.3) is 0 Å². The van der Waals surface area contributed by atoms with Gasteiger partial charge in [-0.05, 0) is 51.7 Å². The van der Waals surface area contributed by atoms with Gasteiger partial charge in [0, 0.05) is 11.9 Å². The van der Waals surface area contributed by atoms with E-state index < -0.39 is 24.1 Å². The Morgan fingerprint density at radius 1 is 1.32 bits per heavy atom. The first-order valence-electron chi connectivity index (χ1n) is 7.25. The molecule has 1 N–H and O–H groups in total. The van der Waals surface area contributed by atoms with Crippen LogP contribution in [0.3, 0.4) is 0 Å². The standard InChI is InChI=1S/C16H23F2NO3/c1-10(5-8-13(20)14(17)18)12-7-6-11(9-19-12)15(21)22-16(2,3)4/h6-7,9-10,13-14,20H,5,8H2,1-4H3. The minimum absolute atomic E-state index is 0.00826. The molecule has 0 saturated carbocycles. The topological polar surface area (TPSA) is 59.4 Å². The summed E-state index contributed by atoms with van der Waals surface area (Å²) in [6.45, 7) is 7.18. The van der Waals surface area contributed by atoms with Crippen molar-refractivity contribution in [2.75, 3.05) is 0 Å². The number of hydrogen-bond donors (Lipinski definition) is 1.